The van der Waals surface area contributed by atoms with Gasteiger partial charge in [-0.3, -0.25) is 0 Å². The zero-order chi connectivity index (χ0) is 28.2. The Kier molecular flexibility index (Phi) is 7.63. The lowest BCUT2D eigenvalue weighted by Crippen LogP contribution is -2.40. The molecule has 2 aliphatic rings. The van der Waals surface area contributed by atoms with Gasteiger partial charge in [0.1, 0.15) is 11.6 Å². The Morgan fingerprint density at radius 1 is 0.951 bits per heavy atom. The summed E-state index contributed by atoms with van der Waals surface area (Å²) in [7, 11) is 1.57. The molecule has 0 radical (unpaired) electrons. The number of hydrogen-bond acceptors (Lipinski definition) is 8. The molecule has 2 aromatic carbocycles. The fraction of sp³-hybridized carbons (Fsp3) is 0.345. The molecule has 0 unspecified atom stereocenters. The number of para-hydroxylation sites is 1. The minimum absolute atomic E-state index is 0.0766. The maximum Gasteiger partial charge on any atom is 0.415 e. The molecule has 12 nitrogen and oxygen atoms in total. The average molecular weight is 557 g/mol. The summed E-state index contributed by atoms with van der Waals surface area (Å²) < 4.78 is 13.1. The quantitative estimate of drug-likeness (QED) is 0.379. The van der Waals surface area contributed by atoms with E-state index in [0.29, 0.717) is 43.6 Å². The van der Waals surface area contributed by atoms with Crippen molar-refractivity contribution in [3.8, 4) is 17.1 Å². The van der Waals surface area contributed by atoms with Gasteiger partial charge in [0.05, 0.1) is 30.8 Å². The standard InChI is InChI=1S/C29H32N8O4/c1-30-28(38)32-21-9-7-20(8-10-21)25-33-26(35-15-17-40-18-16-35)24-19-31-37(27(24)34-25)22-11-13-36(14-12-22)29(39)41-23-5-3-2-4-6-23/h2-10,19,22H,11-18H2,1H3,(H2,30,32,38). The lowest BCUT2D eigenvalue weighted by molar-refractivity contribution is 0.122. The van der Waals surface area contributed by atoms with E-state index in [-0.39, 0.29) is 18.2 Å². The predicted octanol–water partition coefficient (Wildman–Crippen LogP) is 3.92. The van der Waals surface area contributed by atoms with E-state index in [9.17, 15) is 9.59 Å². The molecule has 2 aliphatic heterocycles. The Morgan fingerprint density at radius 3 is 2.39 bits per heavy atom. The van der Waals surface area contributed by atoms with Crippen LogP contribution < -0.4 is 20.3 Å². The number of piperidine rings is 1. The van der Waals surface area contributed by atoms with Crippen LogP contribution in [0.4, 0.5) is 21.1 Å². The first-order chi connectivity index (χ1) is 20.1. The molecular formula is C29H32N8O4. The summed E-state index contributed by atoms with van der Waals surface area (Å²) in [4.78, 5) is 38.3. The van der Waals surface area contributed by atoms with Crippen LogP contribution in [0.5, 0.6) is 5.75 Å². The fourth-order valence-corrected chi connectivity index (χ4v) is 5.17. The number of fused-ring (bicyclic) bond motifs is 1. The van der Waals surface area contributed by atoms with Gasteiger partial charge in [0.2, 0.25) is 0 Å². The summed E-state index contributed by atoms with van der Waals surface area (Å²) in [5, 5.41) is 11.0. The van der Waals surface area contributed by atoms with E-state index in [0.717, 1.165) is 48.3 Å². The van der Waals surface area contributed by atoms with E-state index in [1.54, 1.807) is 24.1 Å². The normalized spacial score (nSPS) is 16.0. The second-order valence-corrected chi connectivity index (χ2v) is 9.98. The van der Waals surface area contributed by atoms with E-state index >= 15 is 0 Å². The van der Waals surface area contributed by atoms with Crippen molar-refractivity contribution in [3.05, 3.63) is 60.8 Å². The fourth-order valence-electron chi connectivity index (χ4n) is 5.17. The van der Waals surface area contributed by atoms with Gasteiger partial charge in [-0.25, -0.2) is 24.2 Å². The van der Waals surface area contributed by atoms with E-state index in [4.69, 9.17) is 24.5 Å². The van der Waals surface area contributed by atoms with Crippen molar-refractivity contribution in [1.82, 2.24) is 30.0 Å². The molecule has 4 heterocycles. The second-order valence-electron chi connectivity index (χ2n) is 9.98. The van der Waals surface area contributed by atoms with Crippen molar-refractivity contribution in [2.45, 2.75) is 18.9 Å². The highest BCUT2D eigenvalue weighted by atomic mass is 16.6. The largest absolute Gasteiger partial charge is 0.415 e. The minimum atomic E-state index is -0.339. The zero-order valence-electron chi connectivity index (χ0n) is 22.8. The summed E-state index contributed by atoms with van der Waals surface area (Å²) in [5.74, 6) is 1.95. The number of nitrogens with one attached hydrogen (secondary N) is 2. The monoisotopic (exact) mass is 556 g/mol. The van der Waals surface area contributed by atoms with E-state index < -0.39 is 0 Å². The molecule has 4 aromatic rings. The highest BCUT2D eigenvalue weighted by molar-refractivity contribution is 5.90. The van der Waals surface area contributed by atoms with E-state index in [2.05, 4.69) is 15.5 Å². The number of carbonyl (C=O) groups is 2. The number of morpholine rings is 1. The van der Waals surface area contributed by atoms with Crippen molar-refractivity contribution in [1.29, 1.82) is 0 Å². The van der Waals surface area contributed by atoms with Crippen LogP contribution in [0.15, 0.2) is 60.8 Å². The smallest absolute Gasteiger partial charge is 0.410 e. The summed E-state index contributed by atoms with van der Waals surface area (Å²) in [6, 6.07) is 16.4. The maximum atomic E-state index is 12.7. The van der Waals surface area contributed by atoms with Gasteiger partial charge >= 0.3 is 12.1 Å². The lowest BCUT2D eigenvalue weighted by Gasteiger charge is -2.31. The van der Waals surface area contributed by atoms with Gasteiger partial charge in [0, 0.05) is 44.5 Å². The highest BCUT2D eigenvalue weighted by Crippen LogP contribution is 2.32. The third-order valence-electron chi connectivity index (χ3n) is 7.39. The summed E-state index contributed by atoms with van der Waals surface area (Å²) in [6.45, 7) is 3.84. The van der Waals surface area contributed by atoms with Gasteiger partial charge in [0.25, 0.3) is 0 Å². The van der Waals surface area contributed by atoms with Crippen molar-refractivity contribution in [2.24, 2.45) is 0 Å². The van der Waals surface area contributed by atoms with Crippen LogP contribution in [0.3, 0.4) is 0 Å². The number of ether oxygens (including phenoxy) is 2. The Labute approximate surface area is 237 Å². The number of aromatic nitrogens is 4. The van der Waals surface area contributed by atoms with Crippen molar-refractivity contribution in [2.75, 3.05) is 56.7 Å². The first-order valence-electron chi connectivity index (χ1n) is 13.8. The maximum absolute atomic E-state index is 12.7. The minimum Gasteiger partial charge on any atom is -0.410 e. The first kappa shape index (κ1) is 26.5. The third kappa shape index (κ3) is 5.78. The van der Waals surface area contributed by atoms with Crippen LogP contribution >= 0.6 is 0 Å². The topological polar surface area (TPSA) is 127 Å². The molecule has 2 fully saturated rings. The SMILES string of the molecule is CNC(=O)Nc1ccc(-c2nc(N3CCOCC3)c3cnn(C4CCN(C(=O)Oc5ccccc5)CC4)c3n2)cc1. The summed E-state index contributed by atoms with van der Waals surface area (Å²) in [6.07, 6.45) is 2.96. The molecule has 6 rings (SSSR count). The molecule has 2 N–H and O–H groups in total. The number of anilines is 2. The molecule has 0 atom stereocenters. The molecule has 0 saturated carbocycles. The van der Waals surface area contributed by atoms with Gasteiger partial charge in [-0.15, -0.1) is 0 Å². The van der Waals surface area contributed by atoms with Crippen LogP contribution in [0, 0.1) is 0 Å². The summed E-state index contributed by atoms with van der Waals surface area (Å²) >= 11 is 0. The number of amides is 3. The Morgan fingerprint density at radius 2 is 1.68 bits per heavy atom. The molecular weight excluding hydrogens is 524 g/mol. The molecule has 2 saturated heterocycles. The van der Waals surface area contributed by atoms with E-state index in [1.807, 2.05) is 53.3 Å². The van der Waals surface area contributed by atoms with Crippen LogP contribution in [-0.2, 0) is 4.74 Å². The number of rotatable bonds is 5. The van der Waals surface area contributed by atoms with Gasteiger partial charge in [-0.1, -0.05) is 18.2 Å². The molecule has 0 aliphatic carbocycles. The lowest BCUT2D eigenvalue weighted by atomic mass is 10.1. The molecule has 12 heteroatoms. The summed E-state index contributed by atoms with van der Waals surface area (Å²) in [5.41, 5.74) is 2.26. The third-order valence-corrected chi connectivity index (χ3v) is 7.39. The molecule has 41 heavy (non-hydrogen) atoms. The number of likely N-dealkylation sites (tertiary alicyclic amines) is 1. The van der Waals surface area contributed by atoms with Gasteiger partial charge in [-0.05, 0) is 49.2 Å². The van der Waals surface area contributed by atoms with Crippen molar-refractivity contribution >= 4 is 34.7 Å². The molecule has 212 valence electrons. The Balaban J connectivity index is 1.26. The van der Waals surface area contributed by atoms with Crippen LogP contribution in [0.2, 0.25) is 0 Å². The van der Waals surface area contributed by atoms with Gasteiger partial charge < -0.3 is 29.9 Å². The zero-order valence-corrected chi connectivity index (χ0v) is 22.8. The number of urea groups is 1. The first-order valence-corrected chi connectivity index (χ1v) is 13.8. The van der Waals surface area contributed by atoms with Crippen LogP contribution in [0.25, 0.3) is 22.4 Å². The molecule has 2 aromatic heterocycles. The number of hydrogen-bond donors (Lipinski definition) is 2. The van der Waals surface area contributed by atoms with Gasteiger partial charge in [-0.2, -0.15) is 5.10 Å². The number of nitrogens with zero attached hydrogens (tertiary/aromatic N) is 6. The van der Waals surface area contributed by atoms with E-state index in [1.165, 1.54) is 0 Å². The molecule has 3 amide bonds. The van der Waals surface area contributed by atoms with Crippen molar-refractivity contribution < 1.29 is 19.1 Å². The van der Waals surface area contributed by atoms with Crippen LogP contribution in [-0.4, -0.2) is 83.2 Å². The predicted molar refractivity (Wildman–Crippen MR) is 154 cm³/mol. The van der Waals surface area contributed by atoms with Crippen LogP contribution in [0.1, 0.15) is 18.9 Å². The average Bonchev–Trinajstić information content (AvgIpc) is 3.46. The van der Waals surface area contributed by atoms with Gasteiger partial charge in [0.15, 0.2) is 11.5 Å². The Hall–Kier alpha value is -4.71. The Bertz CT molecular complexity index is 1510. The molecule has 0 spiro atoms. The molecule has 0 bridgehead atoms. The second kappa shape index (κ2) is 11.8. The van der Waals surface area contributed by atoms with Crippen molar-refractivity contribution in [3.63, 3.8) is 0 Å². The number of carbonyl (C=O) groups excluding carboxylic acids is 2. The number of benzene rings is 2. The highest BCUT2D eigenvalue weighted by Gasteiger charge is 2.28.